The van der Waals surface area contributed by atoms with Crippen molar-refractivity contribution in [2.24, 2.45) is 0 Å². The highest BCUT2D eigenvalue weighted by Crippen LogP contribution is 2.19. The second kappa shape index (κ2) is 5.97. The Morgan fingerprint density at radius 2 is 2.10 bits per heavy atom. The van der Waals surface area contributed by atoms with Crippen molar-refractivity contribution in [2.45, 2.75) is 19.4 Å². The van der Waals surface area contributed by atoms with Gasteiger partial charge in [-0.05, 0) is 53.9 Å². The quantitative estimate of drug-likeness (QED) is 0.809. The number of phenolic OH excluding ortho intramolecular Hbond substituents is 1. The van der Waals surface area contributed by atoms with Gasteiger partial charge in [-0.15, -0.1) is 0 Å². The Balaban J connectivity index is 1.67. The molecule has 0 fully saturated rings. The highest BCUT2D eigenvalue weighted by molar-refractivity contribution is 5.92. The monoisotopic (exact) mass is 282 g/mol. The molecule has 0 saturated carbocycles. The molecule has 0 bridgehead atoms. The molecule has 0 spiro atoms. The van der Waals surface area contributed by atoms with Crippen molar-refractivity contribution in [3.05, 3.63) is 59.2 Å². The lowest BCUT2D eigenvalue weighted by molar-refractivity contribution is -0.115. The van der Waals surface area contributed by atoms with E-state index in [4.69, 9.17) is 0 Å². The van der Waals surface area contributed by atoms with Crippen LogP contribution in [0.3, 0.4) is 0 Å². The van der Waals surface area contributed by atoms with Crippen molar-refractivity contribution in [3.63, 3.8) is 0 Å². The number of aromatic hydroxyl groups is 1. The summed E-state index contributed by atoms with van der Waals surface area (Å²) in [6, 6.07) is 12.8. The molecule has 0 atom stereocenters. The zero-order valence-electron chi connectivity index (χ0n) is 11.7. The minimum absolute atomic E-state index is 0.0793. The van der Waals surface area contributed by atoms with Crippen molar-refractivity contribution in [2.75, 3.05) is 11.9 Å². The molecule has 0 aromatic heterocycles. The van der Waals surface area contributed by atoms with Gasteiger partial charge in [0.15, 0.2) is 0 Å². The number of carbonyl (C=O) groups excluding carboxylic acids is 1. The van der Waals surface area contributed by atoms with Crippen LogP contribution in [-0.4, -0.2) is 17.6 Å². The normalized spacial score (nSPS) is 13.5. The third-order valence-electron chi connectivity index (χ3n) is 3.65. The smallest absolute Gasteiger partial charge is 0.228 e. The Morgan fingerprint density at radius 1 is 1.19 bits per heavy atom. The van der Waals surface area contributed by atoms with Gasteiger partial charge in [0.2, 0.25) is 5.91 Å². The summed E-state index contributed by atoms with van der Waals surface area (Å²) in [6.07, 6.45) is 1.29. The van der Waals surface area contributed by atoms with Crippen molar-refractivity contribution in [1.82, 2.24) is 5.32 Å². The number of anilines is 1. The van der Waals surface area contributed by atoms with E-state index in [-0.39, 0.29) is 18.1 Å². The molecule has 1 heterocycles. The second-order valence-corrected chi connectivity index (χ2v) is 5.31. The predicted octanol–water partition coefficient (Wildman–Crippen LogP) is 2.22. The molecule has 1 aliphatic rings. The fourth-order valence-electron chi connectivity index (χ4n) is 2.62. The van der Waals surface area contributed by atoms with Crippen LogP contribution in [0.4, 0.5) is 5.69 Å². The Hall–Kier alpha value is -2.33. The molecule has 3 N–H and O–H groups in total. The topological polar surface area (TPSA) is 61.4 Å². The van der Waals surface area contributed by atoms with Gasteiger partial charge in [0.25, 0.3) is 0 Å². The molecule has 0 radical (unpaired) electrons. The molecule has 0 unspecified atom stereocenters. The molecule has 0 saturated heterocycles. The largest absolute Gasteiger partial charge is 0.508 e. The van der Waals surface area contributed by atoms with Gasteiger partial charge >= 0.3 is 0 Å². The van der Waals surface area contributed by atoms with Crippen LogP contribution in [-0.2, 0) is 24.2 Å². The second-order valence-electron chi connectivity index (χ2n) is 5.31. The molecule has 2 aromatic carbocycles. The van der Waals surface area contributed by atoms with E-state index >= 15 is 0 Å². The van der Waals surface area contributed by atoms with Crippen LogP contribution in [0.1, 0.15) is 16.7 Å². The van der Waals surface area contributed by atoms with Gasteiger partial charge in [-0.3, -0.25) is 4.79 Å². The average Bonchev–Trinajstić information content (AvgIpc) is 2.47. The van der Waals surface area contributed by atoms with Crippen LogP contribution in [0, 0.1) is 0 Å². The number of carbonyl (C=O) groups is 1. The first-order chi connectivity index (χ1) is 10.2. The number of rotatable bonds is 3. The minimum Gasteiger partial charge on any atom is -0.508 e. The van der Waals surface area contributed by atoms with E-state index in [1.165, 1.54) is 11.1 Å². The summed E-state index contributed by atoms with van der Waals surface area (Å²) < 4.78 is 0. The van der Waals surface area contributed by atoms with Crippen molar-refractivity contribution >= 4 is 11.6 Å². The van der Waals surface area contributed by atoms with Crippen molar-refractivity contribution in [3.8, 4) is 5.75 Å². The number of hydrogen-bond acceptors (Lipinski definition) is 3. The fraction of sp³-hybridized carbons (Fsp3) is 0.235. The van der Waals surface area contributed by atoms with Gasteiger partial charge < -0.3 is 15.7 Å². The van der Waals surface area contributed by atoms with Crippen molar-refractivity contribution < 1.29 is 9.90 Å². The molecule has 1 amide bonds. The fourth-order valence-corrected chi connectivity index (χ4v) is 2.62. The summed E-state index contributed by atoms with van der Waals surface area (Å²) >= 11 is 0. The van der Waals surface area contributed by atoms with Crippen LogP contribution < -0.4 is 10.6 Å². The summed E-state index contributed by atoms with van der Waals surface area (Å²) in [5, 5.41) is 15.6. The Labute approximate surface area is 123 Å². The molecule has 2 aromatic rings. The summed E-state index contributed by atoms with van der Waals surface area (Å²) in [4.78, 5) is 12.1. The standard InChI is InChI=1S/C17H18N2O2/c20-16-3-1-2-12(8-16)9-17(21)19-15-5-4-13-6-7-18-11-14(13)10-15/h1-5,8,10,18,20H,6-7,9,11H2,(H,19,21). The summed E-state index contributed by atoms with van der Waals surface area (Å²) in [7, 11) is 0. The first kappa shape index (κ1) is 13.6. The number of nitrogens with one attached hydrogen (secondary N) is 2. The minimum atomic E-state index is -0.0793. The van der Waals surface area contributed by atoms with Crippen LogP contribution in [0.5, 0.6) is 5.75 Å². The van der Waals surface area contributed by atoms with Crippen molar-refractivity contribution in [1.29, 1.82) is 0 Å². The number of benzene rings is 2. The van der Waals surface area contributed by atoms with Gasteiger partial charge in [0.05, 0.1) is 6.42 Å². The lowest BCUT2D eigenvalue weighted by atomic mass is 10.0. The van der Waals surface area contributed by atoms with Gasteiger partial charge in [-0.25, -0.2) is 0 Å². The Bertz CT molecular complexity index is 668. The maximum Gasteiger partial charge on any atom is 0.228 e. The zero-order valence-corrected chi connectivity index (χ0v) is 11.7. The molecule has 21 heavy (non-hydrogen) atoms. The Kier molecular flexibility index (Phi) is 3.88. The molecule has 0 aliphatic carbocycles. The lowest BCUT2D eigenvalue weighted by Gasteiger charge is -2.18. The molecule has 3 rings (SSSR count). The number of fused-ring (bicyclic) bond motifs is 1. The number of hydrogen-bond donors (Lipinski definition) is 3. The average molecular weight is 282 g/mol. The highest BCUT2D eigenvalue weighted by atomic mass is 16.3. The van der Waals surface area contributed by atoms with E-state index in [9.17, 15) is 9.90 Å². The third kappa shape index (κ3) is 3.41. The number of amides is 1. The summed E-state index contributed by atoms with van der Waals surface area (Å²) in [5.41, 5.74) is 4.21. The highest BCUT2D eigenvalue weighted by Gasteiger charge is 2.10. The lowest BCUT2D eigenvalue weighted by Crippen LogP contribution is -2.24. The first-order valence-corrected chi connectivity index (χ1v) is 7.11. The summed E-state index contributed by atoms with van der Waals surface area (Å²) in [6.45, 7) is 1.86. The van der Waals surface area contributed by atoms with Gasteiger partial charge in [-0.1, -0.05) is 18.2 Å². The maximum absolute atomic E-state index is 12.1. The van der Waals surface area contributed by atoms with Crippen LogP contribution in [0.25, 0.3) is 0 Å². The number of phenols is 1. The summed E-state index contributed by atoms with van der Waals surface area (Å²) in [5.74, 6) is 0.101. The van der Waals surface area contributed by atoms with Crippen LogP contribution in [0.2, 0.25) is 0 Å². The van der Waals surface area contributed by atoms with Crippen LogP contribution in [0.15, 0.2) is 42.5 Å². The van der Waals surface area contributed by atoms with Gasteiger partial charge in [0, 0.05) is 12.2 Å². The van der Waals surface area contributed by atoms with E-state index in [1.807, 2.05) is 18.2 Å². The van der Waals surface area contributed by atoms with E-state index in [0.29, 0.717) is 0 Å². The van der Waals surface area contributed by atoms with Gasteiger partial charge in [0.1, 0.15) is 5.75 Å². The van der Waals surface area contributed by atoms with E-state index in [1.54, 1.807) is 18.2 Å². The Morgan fingerprint density at radius 3 is 2.95 bits per heavy atom. The SMILES string of the molecule is O=C(Cc1cccc(O)c1)Nc1ccc2c(c1)CNCC2. The predicted molar refractivity (Wildman–Crippen MR) is 82.3 cm³/mol. The van der Waals surface area contributed by atoms with E-state index in [2.05, 4.69) is 16.7 Å². The molecular weight excluding hydrogens is 264 g/mol. The first-order valence-electron chi connectivity index (χ1n) is 7.11. The van der Waals surface area contributed by atoms with E-state index in [0.717, 1.165) is 30.8 Å². The molecule has 4 nitrogen and oxygen atoms in total. The zero-order chi connectivity index (χ0) is 14.7. The third-order valence-corrected chi connectivity index (χ3v) is 3.65. The van der Waals surface area contributed by atoms with Crippen LogP contribution >= 0.6 is 0 Å². The van der Waals surface area contributed by atoms with Gasteiger partial charge in [-0.2, -0.15) is 0 Å². The van der Waals surface area contributed by atoms with E-state index < -0.39 is 0 Å². The molecule has 108 valence electrons. The molecule has 4 heteroatoms. The molecule has 1 aliphatic heterocycles. The molecular formula is C17H18N2O2. The maximum atomic E-state index is 12.1.